The van der Waals surface area contributed by atoms with Gasteiger partial charge >= 0.3 is 5.97 Å². The van der Waals surface area contributed by atoms with Gasteiger partial charge in [0.15, 0.2) is 17.2 Å². The Morgan fingerprint density at radius 2 is 1.59 bits per heavy atom. The first kappa shape index (κ1) is 20.3. The minimum atomic E-state index is -0.534. The minimum absolute atomic E-state index is 0.183. The van der Waals surface area contributed by atoms with E-state index < -0.39 is 5.97 Å². The third-order valence-electron chi connectivity index (χ3n) is 4.09. The second-order valence-electron chi connectivity index (χ2n) is 6.01. The Balaban J connectivity index is 1.94. The van der Waals surface area contributed by atoms with Crippen LogP contribution in [-0.4, -0.2) is 39.3 Å². The van der Waals surface area contributed by atoms with Gasteiger partial charge < -0.3 is 23.7 Å². The third-order valence-corrected chi connectivity index (χ3v) is 4.09. The normalized spacial score (nSPS) is 14.4. The van der Waals surface area contributed by atoms with E-state index in [9.17, 15) is 4.79 Å². The number of rotatable bonds is 8. The monoisotopic (exact) mass is 397 g/mol. The van der Waals surface area contributed by atoms with Crippen molar-refractivity contribution in [1.29, 1.82) is 0 Å². The molecule has 7 heteroatoms. The number of hydrogen-bond donors (Lipinski definition) is 0. The van der Waals surface area contributed by atoms with Gasteiger partial charge in [0, 0.05) is 11.6 Å². The second-order valence-corrected chi connectivity index (χ2v) is 6.01. The highest BCUT2D eigenvalue weighted by Crippen LogP contribution is 2.31. The molecule has 0 N–H and O–H groups in total. The van der Waals surface area contributed by atoms with E-state index in [-0.39, 0.29) is 11.6 Å². The molecule has 1 aliphatic heterocycles. The number of hydrogen-bond acceptors (Lipinski definition) is 7. The average molecular weight is 397 g/mol. The number of esters is 1. The van der Waals surface area contributed by atoms with Gasteiger partial charge in [-0.2, -0.15) is 0 Å². The summed E-state index contributed by atoms with van der Waals surface area (Å²) < 4.78 is 27.1. The van der Waals surface area contributed by atoms with Gasteiger partial charge in [-0.15, -0.1) is 0 Å². The fourth-order valence-corrected chi connectivity index (χ4v) is 2.79. The largest absolute Gasteiger partial charge is 0.497 e. The molecule has 7 nitrogen and oxygen atoms in total. The molecule has 0 atom stereocenters. The molecule has 0 spiro atoms. The topological polar surface area (TPSA) is 75.6 Å². The highest BCUT2D eigenvalue weighted by atomic mass is 16.6. The summed E-state index contributed by atoms with van der Waals surface area (Å²) in [5.41, 5.74) is 1.51. The molecule has 0 radical (unpaired) electrons. The van der Waals surface area contributed by atoms with Gasteiger partial charge in [-0.1, -0.05) is 0 Å². The van der Waals surface area contributed by atoms with Crippen LogP contribution in [0.15, 0.2) is 47.1 Å². The van der Waals surface area contributed by atoms with Crippen molar-refractivity contribution in [2.24, 2.45) is 4.99 Å². The van der Waals surface area contributed by atoms with E-state index in [4.69, 9.17) is 23.7 Å². The number of methoxy groups -OCH3 is 2. The molecule has 2 aromatic carbocycles. The summed E-state index contributed by atoms with van der Waals surface area (Å²) in [5.74, 6) is 2.09. The fraction of sp³-hybridized carbons (Fsp3) is 0.273. The maximum atomic E-state index is 12.3. The highest BCUT2D eigenvalue weighted by Gasteiger charge is 2.25. The lowest BCUT2D eigenvalue weighted by molar-refractivity contribution is -0.129. The molecular formula is C22H23NO6. The van der Waals surface area contributed by atoms with Gasteiger partial charge in [-0.05, 0) is 55.8 Å². The third kappa shape index (κ3) is 4.68. The van der Waals surface area contributed by atoms with E-state index in [1.165, 1.54) is 0 Å². The minimum Gasteiger partial charge on any atom is -0.497 e. The Bertz CT molecular complexity index is 942. The van der Waals surface area contributed by atoms with Gasteiger partial charge in [-0.3, -0.25) is 0 Å². The molecule has 0 bridgehead atoms. The van der Waals surface area contributed by atoms with Crippen LogP contribution in [0.1, 0.15) is 25.0 Å². The van der Waals surface area contributed by atoms with E-state index in [2.05, 4.69) is 4.99 Å². The summed E-state index contributed by atoms with van der Waals surface area (Å²) in [4.78, 5) is 16.7. The van der Waals surface area contributed by atoms with Gasteiger partial charge in [0.25, 0.3) is 0 Å². The number of carbonyl (C=O) groups is 1. The first-order valence-corrected chi connectivity index (χ1v) is 9.23. The number of aliphatic imine (C=N–C) groups is 1. The summed E-state index contributed by atoms with van der Waals surface area (Å²) in [6.07, 6.45) is 1.62. The summed E-state index contributed by atoms with van der Waals surface area (Å²) in [6, 6.07) is 10.6. The van der Waals surface area contributed by atoms with Gasteiger partial charge in [-0.25, -0.2) is 9.79 Å². The van der Waals surface area contributed by atoms with Crippen LogP contribution in [0.3, 0.4) is 0 Å². The standard InChI is InChI=1S/C22H23NO6/c1-5-27-19-8-7-15(12-20(19)28-6-2)21-23-18(22(24)29-21)11-14-9-16(25-3)13-17(10-14)26-4/h7-13H,5-6H2,1-4H3/b18-11+. The zero-order chi connectivity index (χ0) is 20.8. The smallest absolute Gasteiger partial charge is 0.363 e. The Kier molecular flexibility index (Phi) is 6.39. The van der Waals surface area contributed by atoms with Crippen molar-refractivity contribution in [3.8, 4) is 23.0 Å². The van der Waals surface area contributed by atoms with E-state index in [1.807, 2.05) is 13.8 Å². The van der Waals surface area contributed by atoms with Crippen molar-refractivity contribution < 1.29 is 28.5 Å². The molecule has 29 heavy (non-hydrogen) atoms. The Hall–Kier alpha value is -3.48. The van der Waals surface area contributed by atoms with E-state index >= 15 is 0 Å². The molecule has 3 rings (SSSR count). The van der Waals surface area contributed by atoms with Gasteiger partial charge in [0.05, 0.1) is 27.4 Å². The molecule has 2 aromatic rings. The van der Waals surface area contributed by atoms with Gasteiger partial charge in [0.2, 0.25) is 5.90 Å². The van der Waals surface area contributed by atoms with Crippen LogP contribution in [0.2, 0.25) is 0 Å². The van der Waals surface area contributed by atoms with E-state index in [1.54, 1.807) is 56.7 Å². The van der Waals surface area contributed by atoms with Crippen molar-refractivity contribution in [3.05, 3.63) is 53.2 Å². The lowest BCUT2D eigenvalue weighted by Crippen LogP contribution is -2.06. The summed E-state index contributed by atoms with van der Waals surface area (Å²) in [5, 5.41) is 0. The highest BCUT2D eigenvalue weighted by molar-refractivity contribution is 6.13. The van der Waals surface area contributed by atoms with Crippen molar-refractivity contribution >= 4 is 17.9 Å². The van der Waals surface area contributed by atoms with Crippen molar-refractivity contribution in [1.82, 2.24) is 0 Å². The summed E-state index contributed by atoms with van der Waals surface area (Å²) in [6.45, 7) is 4.79. The number of carbonyl (C=O) groups excluding carboxylic acids is 1. The van der Waals surface area contributed by atoms with E-state index in [0.29, 0.717) is 47.3 Å². The molecule has 0 saturated carbocycles. The van der Waals surface area contributed by atoms with Crippen LogP contribution in [0.4, 0.5) is 0 Å². The molecule has 0 unspecified atom stereocenters. The zero-order valence-electron chi connectivity index (χ0n) is 16.9. The summed E-state index contributed by atoms with van der Waals surface area (Å²) >= 11 is 0. The van der Waals surface area contributed by atoms with Crippen LogP contribution < -0.4 is 18.9 Å². The van der Waals surface area contributed by atoms with Crippen LogP contribution in [0.25, 0.3) is 6.08 Å². The lowest BCUT2D eigenvalue weighted by Gasteiger charge is -2.11. The van der Waals surface area contributed by atoms with Crippen LogP contribution in [0.5, 0.6) is 23.0 Å². The molecule has 1 aliphatic rings. The molecule has 0 fully saturated rings. The number of ether oxygens (including phenoxy) is 5. The maximum absolute atomic E-state index is 12.3. The number of benzene rings is 2. The first-order chi connectivity index (χ1) is 14.1. The van der Waals surface area contributed by atoms with Crippen molar-refractivity contribution in [2.45, 2.75) is 13.8 Å². The molecular weight excluding hydrogens is 374 g/mol. The predicted octanol–water partition coefficient (Wildman–Crippen LogP) is 3.85. The average Bonchev–Trinajstić information content (AvgIpc) is 3.09. The maximum Gasteiger partial charge on any atom is 0.363 e. The molecule has 0 aliphatic carbocycles. The molecule has 0 aromatic heterocycles. The van der Waals surface area contributed by atoms with Crippen molar-refractivity contribution in [3.63, 3.8) is 0 Å². The predicted molar refractivity (Wildman–Crippen MR) is 109 cm³/mol. The zero-order valence-corrected chi connectivity index (χ0v) is 16.9. The Morgan fingerprint density at radius 3 is 2.21 bits per heavy atom. The lowest BCUT2D eigenvalue weighted by atomic mass is 10.1. The van der Waals surface area contributed by atoms with Crippen LogP contribution >= 0.6 is 0 Å². The summed E-state index contributed by atoms with van der Waals surface area (Å²) in [7, 11) is 3.13. The fourth-order valence-electron chi connectivity index (χ4n) is 2.79. The molecule has 0 saturated heterocycles. The quantitative estimate of drug-likeness (QED) is 0.498. The molecule has 0 amide bonds. The first-order valence-electron chi connectivity index (χ1n) is 9.23. The van der Waals surface area contributed by atoms with Crippen molar-refractivity contribution in [2.75, 3.05) is 27.4 Å². The Labute approximate surface area is 169 Å². The molecule has 1 heterocycles. The Morgan fingerprint density at radius 1 is 0.931 bits per heavy atom. The SMILES string of the molecule is CCOc1ccc(C2=N/C(=C/c3cc(OC)cc(OC)c3)C(=O)O2)cc1OCC. The van der Waals surface area contributed by atoms with Crippen LogP contribution in [0, 0.1) is 0 Å². The van der Waals surface area contributed by atoms with Gasteiger partial charge in [0.1, 0.15) is 11.5 Å². The van der Waals surface area contributed by atoms with Crippen LogP contribution in [-0.2, 0) is 9.53 Å². The number of nitrogens with zero attached hydrogens (tertiary/aromatic N) is 1. The van der Waals surface area contributed by atoms with E-state index in [0.717, 1.165) is 0 Å². The second kappa shape index (κ2) is 9.14. The number of cyclic esters (lactones) is 1. The molecule has 152 valence electrons.